The molecule has 0 amide bonds. The van der Waals surface area contributed by atoms with Gasteiger partial charge in [0.05, 0.1) is 0 Å². The van der Waals surface area contributed by atoms with Crippen LogP contribution >= 0.6 is 0 Å². The minimum absolute atomic E-state index is 0.539. The number of aliphatic imine (C=N–C) groups is 1. The highest BCUT2D eigenvalue weighted by Gasteiger charge is 2.19. The Morgan fingerprint density at radius 3 is 2.47 bits per heavy atom. The number of anilines is 1. The van der Waals surface area contributed by atoms with Crippen LogP contribution in [0.1, 0.15) is 13.8 Å². The van der Waals surface area contributed by atoms with E-state index in [0.29, 0.717) is 11.9 Å². The Bertz CT molecular complexity index is 408. The monoisotopic (exact) mass is 262 g/mol. The molecule has 0 spiro atoms. The van der Waals surface area contributed by atoms with Crippen LogP contribution < -0.4 is 10.6 Å². The van der Waals surface area contributed by atoms with Gasteiger partial charge in [0.1, 0.15) is 0 Å². The van der Waals surface area contributed by atoms with Crippen LogP contribution in [0.5, 0.6) is 0 Å². The summed E-state index contributed by atoms with van der Waals surface area (Å²) in [6.07, 6.45) is 3.54. The average Bonchev–Trinajstić information content (AvgIpc) is 2.46. The van der Waals surface area contributed by atoms with Crippen molar-refractivity contribution < 1.29 is 0 Å². The fourth-order valence-corrected chi connectivity index (χ4v) is 1.97. The maximum Gasteiger partial charge on any atom is 0.225 e. The number of hydrogen-bond acceptors (Lipinski definition) is 4. The van der Waals surface area contributed by atoms with Gasteiger partial charge in [-0.3, -0.25) is 4.99 Å². The summed E-state index contributed by atoms with van der Waals surface area (Å²) >= 11 is 0. The molecule has 0 aliphatic carbocycles. The lowest BCUT2D eigenvalue weighted by molar-refractivity contribution is 0.377. The van der Waals surface area contributed by atoms with E-state index in [9.17, 15) is 0 Å². The van der Waals surface area contributed by atoms with Gasteiger partial charge in [0.15, 0.2) is 5.96 Å². The number of guanidine groups is 1. The van der Waals surface area contributed by atoms with Gasteiger partial charge in [-0.2, -0.15) is 0 Å². The van der Waals surface area contributed by atoms with Crippen LogP contribution in [0.2, 0.25) is 0 Å². The van der Waals surface area contributed by atoms with Crippen molar-refractivity contribution in [1.29, 1.82) is 0 Å². The van der Waals surface area contributed by atoms with Crippen molar-refractivity contribution in [3.63, 3.8) is 0 Å². The molecular formula is C13H22N6. The normalized spacial score (nSPS) is 17.1. The highest BCUT2D eigenvalue weighted by molar-refractivity contribution is 5.78. The summed E-state index contributed by atoms with van der Waals surface area (Å²) < 4.78 is 0. The molecule has 0 bridgehead atoms. The number of nitrogens with two attached hydrogens (primary N) is 1. The minimum Gasteiger partial charge on any atom is -0.370 e. The molecule has 2 N–H and O–H groups in total. The molecule has 6 heteroatoms. The van der Waals surface area contributed by atoms with Crippen molar-refractivity contribution in [2.24, 2.45) is 16.6 Å². The predicted octanol–water partition coefficient (Wildman–Crippen LogP) is 0.569. The lowest BCUT2D eigenvalue weighted by Crippen LogP contribution is -2.51. The van der Waals surface area contributed by atoms with Crippen molar-refractivity contribution in [2.45, 2.75) is 13.8 Å². The van der Waals surface area contributed by atoms with E-state index >= 15 is 0 Å². The average molecular weight is 262 g/mol. The first kappa shape index (κ1) is 13.6. The van der Waals surface area contributed by atoms with Crippen LogP contribution in [0.15, 0.2) is 23.5 Å². The molecule has 1 aliphatic heterocycles. The summed E-state index contributed by atoms with van der Waals surface area (Å²) in [6.45, 7) is 8.55. The van der Waals surface area contributed by atoms with Crippen molar-refractivity contribution in [2.75, 3.05) is 37.6 Å². The molecule has 0 radical (unpaired) electrons. The molecule has 1 aromatic rings. The molecule has 0 saturated carbocycles. The zero-order valence-electron chi connectivity index (χ0n) is 11.7. The Hall–Kier alpha value is -1.85. The van der Waals surface area contributed by atoms with Gasteiger partial charge in [0, 0.05) is 45.1 Å². The topological polar surface area (TPSA) is 70.6 Å². The molecule has 1 fully saturated rings. The molecule has 2 heterocycles. The number of nitrogens with zero attached hydrogens (tertiary/aromatic N) is 5. The van der Waals surface area contributed by atoms with Crippen molar-refractivity contribution in [1.82, 2.24) is 14.9 Å². The Morgan fingerprint density at radius 2 is 1.89 bits per heavy atom. The highest BCUT2D eigenvalue weighted by atomic mass is 15.3. The van der Waals surface area contributed by atoms with Crippen molar-refractivity contribution >= 4 is 11.9 Å². The van der Waals surface area contributed by atoms with E-state index in [2.05, 4.69) is 38.6 Å². The molecule has 2 rings (SSSR count). The molecular weight excluding hydrogens is 240 g/mol. The third-order valence-corrected chi connectivity index (χ3v) is 3.06. The summed E-state index contributed by atoms with van der Waals surface area (Å²) in [5, 5.41) is 0. The van der Waals surface area contributed by atoms with Crippen LogP contribution in [0.4, 0.5) is 5.95 Å². The summed E-state index contributed by atoms with van der Waals surface area (Å²) in [5.74, 6) is 1.99. The SMILES string of the molecule is CC(C)CN=C(N)N1CCN(c2ncccn2)CC1. The summed E-state index contributed by atoms with van der Waals surface area (Å²) in [4.78, 5) is 17.2. The van der Waals surface area contributed by atoms with E-state index in [1.807, 2.05) is 6.07 Å². The first-order valence-electron chi connectivity index (χ1n) is 6.73. The van der Waals surface area contributed by atoms with Gasteiger partial charge in [-0.05, 0) is 12.0 Å². The smallest absolute Gasteiger partial charge is 0.225 e. The van der Waals surface area contributed by atoms with Crippen LogP contribution in [-0.4, -0.2) is 53.6 Å². The Balaban J connectivity index is 1.87. The fourth-order valence-electron chi connectivity index (χ4n) is 1.97. The fraction of sp³-hybridized carbons (Fsp3) is 0.615. The second kappa shape index (κ2) is 6.36. The molecule has 1 aromatic heterocycles. The zero-order chi connectivity index (χ0) is 13.7. The van der Waals surface area contributed by atoms with Crippen molar-refractivity contribution in [3.05, 3.63) is 18.5 Å². The van der Waals surface area contributed by atoms with Crippen LogP contribution in [0.3, 0.4) is 0 Å². The maximum atomic E-state index is 6.01. The summed E-state index contributed by atoms with van der Waals surface area (Å²) in [5.41, 5.74) is 6.01. The summed E-state index contributed by atoms with van der Waals surface area (Å²) in [6, 6.07) is 1.83. The number of piperazine rings is 1. The molecule has 104 valence electrons. The predicted molar refractivity (Wildman–Crippen MR) is 77.1 cm³/mol. The van der Waals surface area contributed by atoms with Crippen LogP contribution in [-0.2, 0) is 0 Å². The van der Waals surface area contributed by atoms with Crippen LogP contribution in [0.25, 0.3) is 0 Å². The number of rotatable bonds is 3. The first-order chi connectivity index (χ1) is 9.16. The maximum absolute atomic E-state index is 6.01. The van der Waals surface area contributed by atoms with Gasteiger partial charge >= 0.3 is 0 Å². The molecule has 6 nitrogen and oxygen atoms in total. The Labute approximate surface area is 114 Å². The van der Waals surface area contributed by atoms with Gasteiger partial charge in [-0.25, -0.2) is 9.97 Å². The molecule has 1 saturated heterocycles. The highest BCUT2D eigenvalue weighted by Crippen LogP contribution is 2.09. The second-order valence-corrected chi connectivity index (χ2v) is 5.12. The van der Waals surface area contributed by atoms with Gasteiger partial charge in [0.25, 0.3) is 0 Å². The van der Waals surface area contributed by atoms with E-state index in [0.717, 1.165) is 38.7 Å². The molecule has 0 aromatic carbocycles. The van der Waals surface area contributed by atoms with E-state index < -0.39 is 0 Å². The quantitative estimate of drug-likeness (QED) is 0.637. The number of hydrogen-bond donors (Lipinski definition) is 1. The largest absolute Gasteiger partial charge is 0.370 e. The third-order valence-electron chi connectivity index (χ3n) is 3.06. The zero-order valence-corrected chi connectivity index (χ0v) is 11.7. The Kier molecular flexibility index (Phi) is 4.54. The molecule has 1 aliphatic rings. The van der Waals surface area contributed by atoms with E-state index in [1.54, 1.807) is 12.4 Å². The lowest BCUT2D eigenvalue weighted by atomic mass is 10.2. The first-order valence-corrected chi connectivity index (χ1v) is 6.73. The van der Waals surface area contributed by atoms with Gasteiger partial charge < -0.3 is 15.5 Å². The van der Waals surface area contributed by atoms with Gasteiger partial charge in [-0.15, -0.1) is 0 Å². The second-order valence-electron chi connectivity index (χ2n) is 5.12. The van der Waals surface area contributed by atoms with Gasteiger partial charge in [-0.1, -0.05) is 13.8 Å². The summed E-state index contributed by atoms with van der Waals surface area (Å²) in [7, 11) is 0. The molecule has 19 heavy (non-hydrogen) atoms. The standard InChI is InChI=1S/C13H22N6/c1-11(2)10-17-12(14)18-6-8-19(9-7-18)13-15-4-3-5-16-13/h3-5,11H,6-10H2,1-2H3,(H2,14,17). The van der Waals surface area contributed by atoms with Crippen LogP contribution in [0, 0.1) is 5.92 Å². The third kappa shape index (κ3) is 3.81. The molecule has 0 unspecified atom stereocenters. The van der Waals surface area contributed by atoms with E-state index in [1.165, 1.54) is 0 Å². The minimum atomic E-state index is 0.539. The van der Waals surface area contributed by atoms with Gasteiger partial charge in [0.2, 0.25) is 5.95 Å². The van der Waals surface area contributed by atoms with E-state index in [4.69, 9.17) is 5.73 Å². The van der Waals surface area contributed by atoms with Crippen molar-refractivity contribution in [3.8, 4) is 0 Å². The van der Waals surface area contributed by atoms with E-state index in [-0.39, 0.29) is 0 Å². The lowest BCUT2D eigenvalue weighted by Gasteiger charge is -2.35. The number of aromatic nitrogens is 2. The Morgan fingerprint density at radius 1 is 1.26 bits per heavy atom. The molecule has 0 atom stereocenters.